The number of carbonyl (C=O) groups excluding carboxylic acids is 1. The third-order valence-electron chi connectivity index (χ3n) is 4.86. The minimum Gasteiger partial charge on any atom is -0.460 e. The number of nitrogens with zero attached hydrogens (tertiary/aromatic N) is 1. The number of nitriles is 1. The van der Waals surface area contributed by atoms with Crippen LogP contribution in [-0.4, -0.2) is 12.2 Å². The molecule has 0 spiro atoms. The van der Waals surface area contributed by atoms with E-state index in [1.54, 1.807) is 33.1 Å². The molecule has 0 heterocycles. The van der Waals surface area contributed by atoms with Gasteiger partial charge in [0.2, 0.25) is 0 Å². The molecule has 1 aromatic rings. The molecular weight excluding hydrogens is 382 g/mol. The van der Waals surface area contributed by atoms with Crippen LogP contribution >= 0.6 is 11.8 Å². The van der Waals surface area contributed by atoms with Gasteiger partial charge < -0.3 is 4.74 Å². The number of carbonyl (C=O) groups is 1. The van der Waals surface area contributed by atoms with E-state index in [4.69, 9.17) is 10.00 Å². The van der Waals surface area contributed by atoms with Crippen LogP contribution in [0.2, 0.25) is 0 Å². The maximum absolute atomic E-state index is 14.1. The van der Waals surface area contributed by atoms with Gasteiger partial charge in [-0.25, -0.2) is 17.6 Å². The van der Waals surface area contributed by atoms with E-state index >= 15 is 0 Å². The fourth-order valence-corrected chi connectivity index (χ4v) is 3.64. The largest absolute Gasteiger partial charge is 0.460 e. The van der Waals surface area contributed by atoms with E-state index in [0.29, 0.717) is 5.57 Å². The summed E-state index contributed by atoms with van der Waals surface area (Å²) in [5, 5.41) is 8.84. The molecule has 0 aliphatic heterocycles. The highest BCUT2D eigenvalue weighted by Gasteiger charge is 2.61. The van der Waals surface area contributed by atoms with Crippen molar-refractivity contribution in [2.45, 2.75) is 33.1 Å². The van der Waals surface area contributed by atoms with Crippen LogP contribution in [0.3, 0.4) is 0 Å². The Morgan fingerprint density at radius 2 is 1.70 bits per heavy atom. The zero-order valence-electron chi connectivity index (χ0n) is 15.3. The molecule has 0 radical (unpaired) electrons. The number of thioether (sulfide) groups is 1. The summed E-state index contributed by atoms with van der Waals surface area (Å²) >= 11 is 1.02. The third-order valence-corrected chi connectivity index (χ3v) is 5.44. The summed E-state index contributed by atoms with van der Waals surface area (Å²) in [6.45, 7) is 4.28. The van der Waals surface area contributed by atoms with Crippen molar-refractivity contribution in [3.63, 3.8) is 0 Å². The molecule has 1 saturated carbocycles. The van der Waals surface area contributed by atoms with Crippen molar-refractivity contribution >= 4 is 17.7 Å². The number of halogens is 4. The van der Waals surface area contributed by atoms with Gasteiger partial charge in [0.1, 0.15) is 6.61 Å². The van der Waals surface area contributed by atoms with Gasteiger partial charge in [0.05, 0.1) is 17.6 Å². The van der Waals surface area contributed by atoms with Crippen LogP contribution in [0.4, 0.5) is 17.6 Å². The second-order valence-corrected chi connectivity index (χ2v) is 7.91. The van der Waals surface area contributed by atoms with Crippen molar-refractivity contribution < 1.29 is 27.1 Å². The summed E-state index contributed by atoms with van der Waals surface area (Å²) in [5.41, 5.74) is -1.69. The molecule has 0 aromatic heterocycles. The SMILES string of the molecule is CSCc1c(F)c(F)c(COC(=O)C2C(C=C(C)C#N)C2(C)C)c(F)c1F. The summed E-state index contributed by atoms with van der Waals surface area (Å²) in [7, 11) is 0. The van der Waals surface area contributed by atoms with Gasteiger partial charge in [-0.2, -0.15) is 17.0 Å². The Bertz CT molecular complexity index is 816. The second-order valence-electron chi connectivity index (χ2n) is 7.04. The maximum Gasteiger partial charge on any atom is 0.310 e. The molecule has 0 N–H and O–H groups in total. The Balaban J connectivity index is 2.18. The molecule has 27 heavy (non-hydrogen) atoms. The highest BCUT2D eigenvalue weighted by atomic mass is 32.2. The lowest BCUT2D eigenvalue weighted by Gasteiger charge is -2.12. The molecule has 1 aromatic carbocycles. The molecule has 2 atom stereocenters. The molecule has 2 rings (SSSR count). The molecule has 3 nitrogen and oxygen atoms in total. The van der Waals surface area contributed by atoms with E-state index in [9.17, 15) is 22.4 Å². The molecule has 146 valence electrons. The van der Waals surface area contributed by atoms with E-state index < -0.39 is 58.3 Å². The molecule has 2 unspecified atom stereocenters. The monoisotopic (exact) mass is 401 g/mol. The summed E-state index contributed by atoms with van der Waals surface area (Å²) in [6.07, 6.45) is 3.18. The van der Waals surface area contributed by atoms with Crippen molar-refractivity contribution in [3.8, 4) is 6.07 Å². The minimum atomic E-state index is -1.56. The van der Waals surface area contributed by atoms with Gasteiger partial charge in [-0.1, -0.05) is 19.9 Å². The average Bonchev–Trinajstić information content (AvgIpc) is 3.16. The zero-order valence-corrected chi connectivity index (χ0v) is 16.1. The molecular formula is C19H19F4NO2S. The van der Waals surface area contributed by atoms with Crippen molar-refractivity contribution in [2.24, 2.45) is 17.3 Å². The Morgan fingerprint density at radius 1 is 1.19 bits per heavy atom. The van der Waals surface area contributed by atoms with Gasteiger partial charge in [-0.3, -0.25) is 4.79 Å². The van der Waals surface area contributed by atoms with E-state index in [1.165, 1.54) is 0 Å². The maximum atomic E-state index is 14.1. The first kappa shape index (κ1) is 21.3. The van der Waals surface area contributed by atoms with E-state index in [0.717, 1.165) is 11.8 Å². The predicted molar refractivity (Wildman–Crippen MR) is 93.4 cm³/mol. The zero-order chi connectivity index (χ0) is 20.5. The standard InChI is InChI=1S/C19H19F4NO2S/c1-9(6-24)5-12-13(19(12,2)3)18(25)26-7-10-14(20)16(22)11(8-27-4)17(23)15(10)21/h5,12-13H,7-8H2,1-4H3. The van der Waals surface area contributed by atoms with Gasteiger partial charge in [0.25, 0.3) is 0 Å². The number of ether oxygens (including phenoxy) is 1. The second kappa shape index (κ2) is 7.93. The van der Waals surface area contributed by atoms with Gasteiger partial charge in [0.15, 0.2) is 23.3 Å². The van der Waals surface area contributed by atoms with Crippen LogP contribution in [-0.2, 0) is 21.9 Å². The third kappa shape index (κ3) is 3.98. The van der Waals surface area contributed by atoms with Crippen molar-refractivity contribution in [3.05, 3.63) is 46.0 Å². The lowest BCUT2D eigenvalue weighted by Crippen LogP contribution is -2.14. The first-order valence-corrected chi connectivity index (χ1v) is 9.55. The topological polar surface area (TPSA) is 50.1 Å². The number of allylic oxidation sites excluding steroid dienone is 2. The molecule has 0 saturated heterocycles. The van der Waals surface area contributed by atoms with Crippen LogP contribution in [0.5, 0.6) is 0 Å². The first-order chi connectivity index (χ1) is 12.6. The normalized spacial score (nSPS) is 20.9. The van der Waals surface area contributed by atoms with Crippen LogP contribution in [0.1, 0.15) is 31.9 Å². The molecule has 1 aliphatic rings. The smallest absolute Gasteiger partial charge is 0.310 e. The fourth-order valence-electron chi connectivity index (χ4n) is 3.10. The molecule has 1 fully saturated rings. The summed E-state index contributed by atoms with van der Waals surface area (Å²) in [4.78, 5) is 12.3. The molecule has 8 heteroatoms. The predicted octanol–water partition coefficient (Wildman–Crippen LogP) is 4.89. The number of hydrogen-bond donors (Lipinski definition) is 0. The van der Waals surface area contributed by atoms with Crippen molar-refractivity contribution in [2.75, 3.05) is 6.26 Å². The number of esters is 1. The van der Waals surface area contributed by atoms with E-state index in [2.05, 4.69) is 0 Å². The Labute approximate surface area is 159 Å². The van der Waals surface area contributed by atoms with Gasteiger partial charge >= 0.3 is 5.97 Å². The van der Waals surface area contributed by atoms with Crippen molar-refractivity contribution in [1.82, 2.24) is 0 Å². The molecule has 1 aliphatic carbocycles. The number of benzene rings is 1. The Kier molecular flexibility index (Phi) is 6.25. The highest BCUT2D eigenvalue weighted by molar-refractivity contribution is 7.97. The van der Waals surface area contributed by atoms with Gasteiger partial charge in [-0.05, 0) is 24.5 Å². The van der Waals surface area contributed by atoms with Crippen LogP contribution < -0.4 is 0 Å². The number of rotatable bonds is 6. The average molecular weight is 401 g/mol. The lowest BCUT2D eigenvalue weighted by atomic mass is 10.1. The first-order valence-electron chi connectivity index (χ1n) is 8.15. The fraction of sp³-hybridized carbons (Fsp3) is 0.474. The minimum absolute atomic E-state index is 0.228. The summed E-state index contributed by atoms with van der Waals surface area (Å²) in [6, 6.07) is 1.96. The van der Waals surface area contributed by atoms with E-state index in [1.807, 2.05) is 6.07 Å². The quantitative estimate of drug-likeness (QED) is 0.295. The van der Waals surface area contributed by atoms with Crippen molar-refractivity contribution in [1.29, 1.82) is 5.26 Å². The van der Waals surface area contributed by atoms with Crippen LogP contribution in [0, 0.1) is 51.9 Å². The summed E-state index contributed by atoms with van der Waals surface area (Å²) in [5.74, 6) is -7.89. The van der Waals surface area contributed by atoms with Crippen LogP contribution in [0.15, 0.2) is 11.6 Å². The van der Waals surface area contributed by atoms with E-state index in [-0.39, 0.29) is 11.7 Å². The van der Waals surface area contributed by atoms with Gasteiger partial charge in [-0.15, -0.1) is 0 Å². The van der Waals surface area contributed by atoms with Gasteiger partial charge in [0, 0.05) is 16.9 Å². The lowest BCUT2D eigenvalue weighted by molar-refractivity contribution is -0.147. The summed E-state index contributed by atoms with van der Waals surface area (Å²) < 4.78 is 61.1. The Morgan fingerprint density at radius 3 is 2.19 bits per heavy atom. The molecule has 0 amide bonds. The van der Waals surface area contributed by atoms with Crippen LogP contribution in [0.25, 0.3) is 0 Å². The highest BCUT2D eigenvalue weighted by Crippen LogP contribution is 2.59. The molecule has 0 bridgehead atoms. The Hall–Kier alpha value is -2.01. The number of hydrogen-bond acceptors (Lipinski definition) is 4.